The first-order valence-corrected chi connectivity index (χ1v) is 7.62. The van der Waals surface area contributed by atoms with Gasteiger partial charge in [0.05, 0.1) is 0 Å². The molecule has 0 bridgehead atoms. The molecule has 142 valence electrons. The van der Waals surface area contributed by atoms with E-state index in [4.69, 9.17) is 4.74 Å². The molecule has 0 aliphatic carbocycles. The fourth-order valence-corrected chi connectivity index (χ4v) is 1.25. The Hall–Kier alpha value is -0.526. The second-order valence-corrected chi connectivity index (χ2v) is 4.98. The third-order valence-corrected chi connectivity index (χ3v) is 1.76. The molecule has 7 heteroatoms. The summed E-state index contributed by atoms with van der Waals surface area (Å²) in [6.45, 7) is 11.1. The molecule has 0 aliphatic heterocycles. The quantitative estimate of drug-likeness (QED) is 0.519. The molecule has 0 aromatic rings. The zero-order valence-corrected chi connectivity index (χ0v) is 19.1. The van der Waals surface area contributed by atoms with Gasteiger partial charge >= 0.3 is 27.8 Å². The van der Waals surface area contributed by atoms with Gasteiger partial charge in [0.15, 0.2) is 0 Å². The summed E-state index contributed by atoms with van der Waals surface area (Å²) < 4.78 is 4.94. The molecule has 0 atom stereocenters. The number of allylic oxidation sites excluding steroid dienone is 1. The van der Waals surface area contributed by atoms with Gasteiger partial charge in [-0.15, -0.1) is 6.92 Å². The Labute approximate surface area is 166 Å². The molecule has 0 aromatic carbocycles. The smallest absolute Gasteiger partial charge is 0.668 e. The molecule has 0 radical (unpaired) electrons. The van der Waals surface area contributed by atoms with Crippen molar-refractivity contribution in [3.8, 4) is 0 Å². The van der Waals surface area contributed by atoms with Crippen LogP contribution in [-0.4, -0.2) is 65.4 Å². The predicted octanol–water partition coefficient (Wildman–Crippen LogP) is 4.84. The van der Waals surface area contributed by atoms with Gasteiger partial charge in [0.1, 0.15) is 0 Å². The number of rotatable bonds is 4. The SMILES string of the molecule is C/C=C/[CH-]OC(=O)N(C(C)C)C(C)C.C[N-]C.C[N-]C.C[N-]C.[Ti+4]. The summed E-state index contributed by atoms with van der Waals surface area (Å²) in [6, 6.07) is 0.308. The molecule has 24 heavy (non-hydrogen) atoms. The summed E-state index contributed by atoms with van der Waals surface area (Å²) in [6.07, 6.45) is 3.20. The molecule has 0 aromatic heterocycles. The van der Waals surface area contributed by atoms with Crippen molar-refractivity contribution in [2.75, 3.05) is 42.3 Å². The molecule has 0 aliphatic rings. The molecule has 0 heterocycles. The first kappa shape index (κ1) is 34.7. The number of amides is 1. The molecular formula is C17H38N4O2Ti. The van der Waals surface area contributed by atoms with Crippen LogP contribution < -0.4 is 0 Å². The summed E-state index contributed by atoms with van der Waals surface area (Å²) in [5.74, 6) is 0. The first-order valence-electron chi connectivity index (χ1n) is 7.62. The Morgan fingerprint density at radius 1 is 0.917 bits per heavy atom. The van der Waals surface area contributed by atoms with Crippen LogP contribution in [-0.2, 0) is 26.5 Å². The third kappa shape index (κ3) is 33.2. The van der Waals surface area contributed by atoms with E-state index in [-0.39, 0.29) is 39.9 Å². The minimum absolute atomic E-state index is 0. The van der Waals surface area contributed by atoms with Gasteiger partial charge in [0.2, 0.25) is 0 Å². The van der Waals surface area contributed by atoms with Gasteiger partial charge in [-0.1, -0.05) is 6.61 Å². The fourth-order valence-electron chi connectivity index (χ4n) is 1.25. The zero-order valence-electron chi connectivity index (χ0n) is 17.5. The van der Waals surface area contributed by atoms with E-state index < -0.39 is 0 Å². The second-order valence-electron chi connectivity index (χ2n) is 4.98. The van der Waals surface area contributed by atoms with Crippen LogP contribution in [0.3, 0.4) is 0 Å². The van der Waals surface area contributed by atoms with Crippen molar-refractivity contribution in [3.63, 3.8) is 0 Å². The van der Waals surface area contributed by atoms with Crippen molar-refractivity contribution in [1.82, 2.24) is 4.90 Å². The largest absolute Gasteiger partial charge is 4.00 e. The molecule has 0 saturated heterocycles. The van der Waals surface area contributed by atoms with Crippen molar-refractivity contribution >= 4 is 6.09 Å². The summed E-state index contributed by atoms with van der Waals surface area (Å²) >= 11 is 0. The van der Waals surface area contributed by atoms with Gasteiger partial charge < -0.3 is 25.6 Å². The molecule has 0 unspecified atom stereocenters. The van der Waals surface area contributed by atoms with Crippen molar-refractivity contribution in [2.24, 2.45) is 0 Å². The molecule has 0 spiro atoms. The van der Waals surface area contributed by atoms with E-state index in [1.54, 1.807) is 53.3 Å². The minimum atomic E-state index is -0.298. The van der Waals surface area contributed by atoms with E-state index in [0.717, 1.165) is 0 Å². The molecule has 0 fully saturated rings. The summed E-state index contributed by atoms with van der Waals surface area (Å²) in [5.41, 5.74) is 0. The van der Waals surface area contributed by atoms with E-state index in [2.05, 4.69) is 16.0 Å². The van der Waals surface area contributed by atoms with E-state index in [9.17, 15) is 4.79 Å². The van der Waals surface area contributed by atoms with Gasteiger partial charge in [-0.3, -0.25) is 0 Å². The summed E-state index contributed by atoms with van der Waals surface area (Å²) in [7, 11) is 10.5. The van der Waals surface area contributed by atoms with E-state index >= 15 is 0 Å². The normalized spacial score (nSPS) is 8.71. The Kier molecular flexibility index (Phi) is 44.0. The van der Waals surface area contributed by atoms with Crippen LogP contribution in [0.1, 0.15) is 34.6 Å². The van der Waals surface area contributed by atoms with Gasteiger partial charge in [0.25, 0.3) is 0 Å². The topological polar surface area (TPSA) is 71.8 Å². The average Bonchev–Trinajstić information content (AvgIpc) is 2.40. The van der Waals surface area contributed by atoms with Gasteiger partial charge in [-0.25, -0.2) is 10.9 Å². The molecule has 0 rings (SSSR count). The van der Waals surface area contributed by atoms with Crippen LogP contribution in [0, 0.1) is 6.61 Å². The minimum Gasteiger partial charge on any atom is -0.668 e. The second kappa shape index (κ2) is 30.4. The van der Waals surface area contributed by atoms with Gasteiger partial charge in [0, 0.05) is 12.1 Å². The third-order valence-electron chi connectivity index (χ3n) is 1.76. The van der Waals surface area contributed by atoms with Gasteiger partial charge in [-0.05, 0) is 27.7 Å². The molecular weight excluding hydrogens is 340 g/mol. The number of ether oxygens (including phenoxy) is 1. The predicted molar refractivity (Wildman–Crippen MR) is 103 cm³/mol. The number of hydrogen-bond acceptors (Lipinski definition) is 2. The van der Waals surface area contributed by atoms with Crippen LogP contribution in [0.15, 0.2) is 12.2 Å². The maximum atomic E-state index is 11.5. The van der Waals surface area contributed by atoms with Gasteiger partial charge in [-0.2, -0.15) is 48.4 Å². The number of carbonyl (C=O) groups excluding carboxylic acids is 1. The number of hydrogen-bond donors (Lipinski definition) is 0. The maximum absolute atomic E-state index is 11.5. The Morgan fingerprint density at radius 2 is 1.21 bits per heavy atom. The average molecular weight is 378 g/mol. The van der Waals surface area contributed by atoms with Crippen LogP contribution >= 0.6 is 0 Å². The first-order chi connectivity index (χ1) is 10.7. The van der Waals surface area contributed by atoms with Crippen LogP contribution in [0.4, 0.5) is 4.79 Å². The maximum Gasteiger partial charge on any atom is 4.00 e. The van der Waals surface area contributed by atoms with Crippen LogP contribution in [0.25, 0.3) is 16.0 Å². The zero-order chi connectivity index (χ0) is 19.3. The fraction of sp³-hybridized carbons (Fsp3) is 0.765. The number of nitrogens with zero attached hydrogens (tertiary/aromatic N) is 4. The van der Waals surface area contributed by atoms with Crippen molar-refractivity contribution in [1.29, 1.82) is 0 Å². The Balaban J connectivity index is -0.000000100. The summed E-state index contributed by atoms with van der Waals surface area (Å²) in [5, 5.41) is 10.5. The van der Waals surface area contributed by atoms with Crippen molar-refractivity contribution in [2.45, 2.75) is 46.7 Å². The summed E-state index contributed by atoms with van der Waals surface area (Å²) in [4.78, 5) is 13.2. The van der Waals surface area contributed by atoms with Crippen LogP contribution in [0.2, 0.25) is 0 Å². The molecule has 6 nitrogen and oxygen atoms in total. The molecule has 1 amide bonds. The molecule has 0 saturated carbocycles. The monoisotopic (exact) mass is 378 g/mol. The Bertz CT molecular complexity index is 238. The molecule has 0 N–H and O–H groups in total. The van der Waals surface area contributed by atoms with E-state index in [1.165, 1.54) is 6.61 Å². The van der Waals surface area contributed by atoms with E-state index in [0.29, 0.717) is 0 Å². The van der Waals surface area contributed by atoms with E-state index in [1.807, 2.05) is 40.7 Å². The van der Waals surface area contributed by atoms with Crippen LogP contribution in [0.5, 0.6) is 0 Å². The Morgan fingerprint density at radius 3 is 1.42 bits per heavy atom. The van der Waals surface area contributed by atoms with Crippen molar-refractivity contribution in [3.05, 3.63) is 34.7 Å². The van der Waals surface area contributed by atoms with Crippen molar-refractivity contribution < 1.29 is 31.2 Å². The standard InChI is InChI=1S/C11H20NO2.3C2H6N.Ti/c1-6-7-8-14-11(13)12(9(2)3)10(4)5;3*1-3-2;/h6-10H,1-5H3;3*1-2H3;/q4*-1;+4/b7-6+;;;;. The number of carbonyl (C=O) groups is 1.